The average Bonchev–Trinajstić information content (AvgIpc) is 3.71. The Morgan fingerprint density at radius 1 is 1.03 bits per heavy atom. The van der Waals surface area contributed by atoms with Crippen molar-refractivity contribution in [2.75, 3.05) is 19.7 Å². The van der Waals surface area contributed by atoms with Crippen LogP contribution in [0.3, 0.4) is 0 Å². The Labute approximate surface area is 222 Å². The van der Waals surface area contributed by atoms with Gasteiger partial charge in [-0.2, -0.15) is 0 Å². The summed E-state index contributed by atoms with van der Waals surface area (Å²) in [6, 6.07) is 17.8. The van der Waals surface area contributed by atoms with Gasteiger partial charge in [0.2, 0.25) is 5.65 Å². The Morgan fingerprint density at radius 3 is 2.45 bits per heavy atom. The molecule has 2 fully saturated rings. The average molecular weight is 508 g/mol. The van der Waals surface area contributed by atoms with Gasteiger partial charge in [-0.3, -0.25) is 0 Å². The molecule has 7 heteroatoms. The SMILES string of the molecule is [C-]#[N+]c1ccc(-c2cc(OC[C@@H]3CCNC3)c3nn(CC4CCCC4)c(=O)n3c2-c2ccc(C)cc2)cc1. The summed E-state index contributed by atoms with van der Waals surface area (Å²) in [6.45, 7) is 12.6. The number of rotatable bonds is 7. The minimum atomic E-state index is -0.130. The molecule has 0 amide bonds. The first-order valence-corrected chi connectivity index (χ1v) is 13.7. The van der Waals surface area contributed by atoms with E-state index in [-0.39, 0.29) is 5.69 Å². The van der Waals surface area contributed by atoms with Crippen LogP contribution in [0, 0.1) is 25.3 Å². The van der Waals surface area contributed by atoms with E-state index in [0.29, 0.717) is 42.1 Å². The molecule has 38 heavy (non-hydrogen) atoms. The van der Waals surface area contributed by atoms with Crippen LogP contribution >= 0.6 is 0 Å². The maximum Gasteiger partial charge on any atom is 0.350 e. The number of fused-ring (bicyclic) bond motifs is 1. The fourth-order valence-corrected chi connectivity index (χ4v) is 5.81. The number of hydrogen-bond donors (Lipinski definition) is 1. The molecule has 6 rings (SSSR count). The van der Waals surface area contributed by atoms with Gasteiger partial charge in [-0.15, -0.1) is 5.10 Å². The third kappa shape index (κ3) is 4.72. The normalized spacial score (nSPS) is 17.7. The van der Waals surface area contributed by atoms with E-state index >= 15 is 0 Å². The van der Waals surface area contributed by atoms with E-state index in [1.165, 1.54) is 12.8 Å². The van der Waals surface area contributed by atoms with Crippen LogP contribution in [-0.4, -0.2) is 33.9 Å². The number of benzene rings is 2. The first-order valence-electron chi connectivity index (χ1n) is 13.7. The fourth-order valence-electron chi connectivity index (χ4n) is 5.81. The van der Waals surface area contributed by atoms with Crippen molar-refractivity contribution in [3.63, 3.8) is 0 Å². The highest BCUT2D eigenvalue weighted by Crippen LogP contribution is 2.38. The van der Waals surface area contributed by atoms with Gasteiger partial charge in [0.05, 0.1) is 18.9 Å². The van der Waals surface area contributed by atoms with Crippen molar-refractivity contribution >= 4 is 11.3 Å². The van der Waals surface area contributed by atoms with Crippen LogP contribution in [0.2, 0.25) is 0 Å². The lowest BCUT2D eigenvalue weighted by Crippen LogP contribution is -2.25. The van der Waals surface area contributed by atoms with Gasteiger partial charge in [0, 0.05) is 24.6 Å². The van der Waals surface area contributed by atoms with E-state index in [1.54, 1.807) is 9.08 Å². The van der Waals surface area contributed by atoms with E-state index in [0.717, 1.165) is 60.3 Å². The molecule has 1 atom stereocenters. The zero-order valence-corrected chi connectivity index (χ0v) is 21.8. The van der Waals surface area contributed by atoms with Crippen molar-refractivity contribution in [3.8, 4) is 28.1 Å². The Balaban J connectivity index is 1.57. The van der Waals surface area contributed by atoms with E-state index in [9.17, 15) is 4.79 Å². The molecule has 2 aliphatic rings. The fraction of sp³-hybridized carbons (Fsp3) is 0.387. The summed E-state index contributed by atoms with van der Waals surface area (Å²) in [5, 5.41) is 8.28. The van der Waals surface area contributed by atoms with Gasteiger partial charge in [0.15, 0.2) is 11.4 Å². The van der Waals surface area contributed by atoms with Crippen LogP contribution in [0.25, 0.3) is 32.9 Å². The van der Waals surface area contributed by atoms with E-state index < -0.39 is 0 Å². The topological polar surface area (TPSA) is 64.9 Å². The Bertz CT molecular complexity index is 1530. The van der Waals surface area contributed by atoms with Crippen molar-refractivity contribution in [2.45, 2.75) is 45.6 Å². The second-order valence-corrected chi connectivity index (χ2v) is 10.7. The zero-order chi connectivity index (χ0) is 26.1. The number of nitrogens with zero attached hydrogens (tertiary/aromatic N) is 4. The molecule has 2 aromatic heterocycles. The van der Waals surface area contributed by atoms with Crippen molar-refractivity contribution in [2.24, 2.45) is 11.8 Å². The second-order valence-electron chi connectivity index (χ2n) is 10.7. The lowest BCUT2D eigenvalue weighted by Gasteiger charge is -2.17. The lowest BCUT2D eigenvalue weighted by atomic mass is 9.98. The van der Waals surface area contributed by atoms with Crippen molar-refractivity contribution in [1.29, 1.82) is 0 Å². The summed E-state index contributed by atoms with van der Waals surface area (Å²) in [6.07, 6.45) is 5.79. The molecular formula is C31H33N5O2. The third-order valence-corrected chi connectivity index (χ3v) is 7.99. The molecule has 1 aliphatic heterocycles. The number of nitrogens with one attached hydrogen (secondary N) is 1. The Hall–Kier alpha value is -3.89. The molecule has 4 aromatic rings. The molecule has 1 saturated carbocycles. The highest BCUT2D eigenvalue weighted by atomic mass is 16.5. The van der Waals surface area contributed by atoms with Crippen LogP contribution in [-0.2, 0) is 6.54 Å². The predicted molar refractivity (Wildman–Crippen MR) is 150 cm³/mol. The van der Waals surface area contributed by atoms with Gasteiger partial charge < -0.3 is 10.1 Å². The highest BCUT2D eigenvalue weighted by Gasteiger charge is 2.25. The summed E-state index contributed by atoms with van der Waals surface area (Å²) in [5.74, 6) is 1.54. The summed E-state index contributed by atoms with van der Waals surface area (Å²) >= 11 is 0. The van der Waals surface area contributed by atoms with Gasteiger partial charge in [-0.1, -0.05) is 66.9 Å². The van der Waals surface area contributed by atoms with E-state index in [4.69, 9.17) is 16.4 Å². The molecule has 0 radical (unpaired) electrons. The number of pyridine rings is 1. The number of hydrogen-bond acceptors (Lipinski definition) is 4. The van der Waals surface area contributed by atoms with Crippen LogP contribution < -0.4 is 15.7 Å². The minimum Gasteiger partial charge on any atom is -0.489 e. The zero-order valence-electron chi connectivity index (χ0n) is 21.8. The first kappa shape index (κ1) is 24.4. The van der Waals surface area contributed by atoms with Crippen LogP contribution in [0.5, 0.6) is 5.75 Å². The van der Waals surface area contributed by atoms with Crippen LogP contribution in [0.15, 0.2) is 59.4 Å². The number of aromatic nitrogens is 3. The van der Waals surface area contributed by atoms with Gasteiger partial charge >= 0.3 is 5.69 Å². The summed E-state index contributed by atoms with van der Waals surface area (Å²) in [4.78, 5) is 17.6. The molecule has 0 spiro atoms. The third-order valence-electron chi connectivity index (χ3n) is 7.99. The van der Waals surface area contributed by atoms with Crippen molar-refractivity contribution in [1.82, 2.24) is 19.5 Å². The Morgan fingerprint density at radius 2 is 1.76 bits per heavy atom. The van der Waals surface area contributed by atoms with E-state index in [1.807, 2.05) is 30.3 Å². The lowest BCUT2D eigenvalue weighted by molar-refractivity contribution is 0.261. The Kier molecular flexibility index (Phi) is 6.73. The molecular weight excluding hydrogens is 474 g/mol. The van der Waals surface area contributed by atoms with Crippen LogP contribution in [0.4, 0.5) is 5.69 Å². The first-order chi connectivity index (χ1) is 18.6. The summed E-state index contributed by atoms with van der Waals surface area (Å²) in [7, 11) is 0. The van der Waals surface area contributed by atoms with Crippen LogP contribution in [0.1, 0.15) is 37.7 Å². The smallest absolute Gasteiger partial charge is 0.350 e. The summed E-state index contributed by atoms with van der Waals surface area (Å²) < 4.78 is 9.84. The maximum atomic E-state index is 14.0. The summed E-state index contributed by atoms with van der Waals surface area (Å²) in [5.41, 5.74) is 5.73. The molecule has 194 valence electrons. The predicted octanol–water partition coefficient (Wildman–Crippen LogP) is 5.87. The highest BCUT2D eigenvalue weighted by molar-refractivity contribution is 5.85. The molecule has 7 nitrogen and oxygen atoms in total. The standard InChI is InChI=1S/C31H33N5O2/c1-21-7-9-25(10-8-21)29-27(24-11-13-26(32-2)14-12-24)17-28(38-20-23-15-16-33-18-23)30-34-35(31(37)36(29)30)19-22-5-3-4-6-22/h7-14,17,22-23,33H,3-6,15-16,18-20H2,1H3/t23-/m1/s1. The van der Waals surface area contributed by atoms with E-state index in [2.05, 4.69) is 41.4 Å². The molecule has 3 heterocycles. The second kappa shape index (κ2) is 10.5. The number of ether oxygens (including phenoxy) is 1. The quantitative estimate of drug-likeness (QED) is 0.318. The molecule has 0 bridgehead atoms. The molecule has 1 N–H and O–H groups in total. The molecule has 1 saturated heterocycles. The van der Waals surface area contributed by atoms with Gasteiger partial charge in [-0.05, 0) is 55.8 Å². The maximum absolute atomic E-state index is 14.0. The minimum absolute atomic E-state index is 0.130. The largest absolute Gasteiger partial charge is 0.489 e. The number of aryl methyl sites for hydroxylation is 1. The molecule has 2 aromatic carbocycles. The monoisotopic (exact) mass is 507 g/mol. The van der Waals surface area contributed by atoms with Gasteiger partial charge in [0.1, 0.15) is 0 Å². The van der Waals surface area contributed by atoms with Crippen molar-refractivity contribution < 1.29 is 4.74 Å². The molecule has 1 aliphatic carbocycles. The molecule has 0 unspecified atom stereocenters. The van der Waals surface area contributed by atoms with Crippen molar-refractivity contribution in [3.05, 3.63) is 82.1 Å². The van der Waals surface area contributed by atoms with Gasteiger partial charge in [-0.25, -0.2) is 18.7 Å². The van der Waals surface area contributed by atoms with Gasteiger partial charge in [0.25, 0.3) is 0 Å².